The van der Waals surface area contributed by atoms with E-state index in [1.54, 1.807) is 0 Å². The van der Waals surface area contributed by atoms with Gasteiger partial charge in [-0.1, -0.05) is 36.4 Å². The van der Waals surface area contributed by atoms with Gasteiger partial charge >= 0.3 is 0 Å². The molecule has 0 unspecified atom stereocenters. The summed E-state index contributed by atoms with van der Waals surface area (Å²) in [6, 6.07) is 16.7. The molecule has 3 atom stereocenters. The first-order valence-corrected chi connectivity index (χ1v) is 11.2. The molecule has 0 amide bonds. The average molecular weight is 423 g/mol. The van der Waals surface area contributed by atoms with E-state index in [0.29, 0.717) is 5.25 Å². The molecule has 4 nitrogen and oxygen atoms in total. The van der Waals surface area contributed by atoms with Crippen molar-refractivity contribution in [1.29, 1.82) is 0 Å². The van der Waals surface area contributed by atoms with E-state index in [2.05, 4.69) is 65.6 Å². The monoisotopic (exact) mass is 422 g/mol. The predicted octanol–water partition coefficient (Wildman–Crippen LogP) is 5.73. The molecule has 4 heterocycles. The van der Waals surface area contributed by atoms with Gasteiger partial charge in [0.1, 0.15) is 6.04 Å². The van der Waals surface area contributed by atoms with Gasteiger partial charge in [-0.3, -0.25) is 9.98 Å². The Bertz CT molecular complexity index is 1070. The zero-order valence-electron chi connectivity index (χ0n) is 16.7. The molecule has 0 radical (unpaired) electrons. The van der Waals surface area contributed by atoms with Crippen molar-refractivity contribution >= 4 is 28.5 Å². The maximum Gasteiger partial charge on any atom is 0.160 e. The van der Waals surface area contributed by atoms with Crippen LogP contribution in [0.15, 0.2) is 59.7 Å². The third kappa shape index (κ3) is 3.17. The normalized spacial score (nSPS) is 23.4. The van der Waals surface area contributed by atoms with E-state index in [4.69, 9.17) is 16.6 Å². The van der Waals surface area contributed by atoms with Crippen molar-refractivity contribution in [3.63, 3.8) is 0 Å². The molecule has 2 aliphatic heterocycles. The number of hydrogen-bond donors (Lipinski definition) is 0. The van der Waals surface area contributed by atoms with Crippen LogP contribution in [-0.4, -0.2) is 31.4 Å². The summed E-state index contributed by atoms with van der Waals surface area (Å²) < 4.78 is 2.31. The van der Waals surface area contributed by atoms with E-state index in [9.17, 15) is 0 Å². The van der Waals surface area contributed by atoms with Gasteiger partial charge in [0, 0.05) is 40.1 Å². The van der Waals surface area contributed by atoms with E-state index in [0.717, 1.165) is 28.1 Å². The molecule has 2 aromatic heterocycles. The largest absolute Gasteiger partial charge is 0.341 e. The summed E-state index contributed by atoms with van der Waals surface area (Å²) in [5.74, 6) is 0. The van der Waals surface area contributed by atoms with Crippen molar-refractivity contribution in [2.75, 3.05) is 6.54 Å². The number of pyridine rings is 1. The van der Waals surface area contributed by atoms with Gasteiger partial charge in [0.25, 0.3) is 0 Å². The summed E-state index contributed by atoms with van der Waals surface area (Å²) in [5, 5.41) is 2.46. The second-order valence-corrected chi connectivity index (χ2v) is 9.62. The van der Waals surface area contributed by atoms with Crippen molar-refractivity contribution in [3.8, 4) is 5.69 Å². The zero-order chi connectivity index (χ0) is 20.1. The fraction of sp³-hybridized carbons (Fsp3) is 0.304. The number of nitrogens with zero attached hydrogens (tertiary/aromatic N) is 4. The topological polar surface area (TPSA) is 33.4 Å². The van der Waals surface area contributed by atoms with Crippen LogP contribution in [0.4, 0.5) is 0 Å². The number of aromatic nitrogens is 2. The smallest absolute Gasteiger partial charge is 0.160 e. The molecular formula is C23H23ClN4S. The van der Waals surface area contributed by atoms with Crippen molar-refractivity contribution in [1.82, 2.24) is 14.5 Å². The predicted molar refractivity (Wildman–Crippen MR) is 121 cm³/mol. The van der Waals surface area contributed by atoms with Gasteiger partial charge in [0.05, 0.1) is 11.7 Å². The van der Waals surface area contributed by atoms with Crippen molar-refractivity contribution in [3.05, 3.63) is 82.4 Å². The van der Waals surface area contributed by atoms with E-state index < -0.39 is 0 Å². The van der Waals surface area contributed by atoms with Crippen molar-refractivity contribution < 1.29 is 0 Å². The van der Waals surface area contributed by atoms with Gasteiger partial charge in [-0.25, -0.2) is 0 Å². The minimum absolute atomic E-state index is 0.0189. The molecule has 5 rings (SSSR count). The van der Waals surface area contributed by atoms with Gasteiger partial charge < -0.3 is 9.47 Å². The van der Waals surface area contributed by atoms with Crippen LogP contribution < -0.4 is 0 Å². The Kier molecular flexibility index (Phi) is 4.67. The molecule has 29 heavy (non-hydrogen) atoms. The summed E-state index contributed by atoms with van der Waals surface area (Å²) in [6.45, 7) is 7.66. The van der Waals surface area contributed by atoms with Crippen LogP contribution in [-0.2, 0) is 0 Å². The second-order valence-electron chi connectivity index (χ2n) is 7.78. The number of aryl methyl sites for hydroxylation is 1. The summed E-state index contributed by atoms with van der Waals surface area (Å²) in [5.41, 5.74) is 5.95. The number of hydrogen-bond acceptors (Lipinski definition) is 4. The van der Waals surface area contributed by atoms with Crippen LogP contribution in [0, 0.1) is 13.8 Å². The first-order chi connectivity index (χ1) is 14.0. The molecule has 3 aromatic rings. The third-order valence-electron chi connectivity index (χ3n) is 5.76. The highest BCUT2D eigenvalue weighted by atomic mass is 35.5. The number of halogens is 1. The lowest BCUT2D eigenvalue weighted by atomic mass is 9.96. The minimum atomic E-state index is 0.0189. The zero-order valence-corrected chi connectivity index (χ0v) is 18.3. The molecule has 0 saturated carbocycles. The summed E-state index contributed by atoms with van der Waals surface area (Å²) >= 11 is 7.98. The number of rotatable bonds is 3. The van der Waals surface area contributed by atoms with Crippen LogP contribution >= 0.6 is 23.4 Å². The summed E-state index contributed by atoms with van der Waals surface area (Å²) in [4.78, 5) is 12.2. The Balaban J connectivity index is 1.62. The molecule has 0 N–H and O–H groups in total. The molecule has 2 aliphatic rings. The SMILES string of the molecule is Cc1cc([C@H]2[C@H](c3ccccn3)N=C3S[C@@H](C)CN32)c(C)n1-c1ccc(Cl)cc1. The Hall–Kier alpha value is -2.24. The fourth-order valence-electron chi connectivity index (χ4n) is 4.53. The van der Waals surface area contributed by atoms with Crippen LogP contribution in [0.5, 0.6) is 0 Å². The van der Waals surface area contributed by atoms with E-state index in [1.807, 2.05) is 36.2 Å². The van der Waals surface area contributed by atoms with E-state index >= 15 is 0 Å². The highest BCUT2D eigenvalue weighted by Gasteiger charge is 2.44. The van der Waals surface area contributed by atoms with Gasteiger partial charge in [-0.15, -0.1) is 0 Å². The van der Waals surface area contributed by atoms with Crippen molar-refractivity contribution in [2.24, 2.45) is 4.99 Å². The molecule has 6 heteroatoms. The van der Waals surface area contributed by atoms with Crippen LogP contribution in [0.2, 0.25) is 5.02 Å². The Morgan fingerprint density at radius 2 is 1.90 bits per heavy atom. The first-order valence-electron chi connectivity index (χ1n) is 9.89. The maximum atomic E-state index is 6.11. The first kappa shape index (κ1) is 18.8. The molecule has 0 spiro atoms. The number of aliphatic imine (C=N–C) groups is 1. The Labute approximate surface area is 180 Å². The number of benzene rings is 1. The molecule has 1 saturated heterocycles. The lowest BCUT2D eigenvalue weighted by Gasteiger charge is -2.27. The van der Waals surface area contributed by atoms with Crippen LogP contribution in [0.3, 0.4) is 0 Å². The molecule has 0 bridgehead atoms. The van der Waals surface area contributed by atoms with E-state index in [-0.39, 0.29) is 12.1 Å². The van der Waals surface area contributed by atoms with E-state index in [1.165, 1.54) is 17.0 Å². The standard InChI is InChI=1S/C23H23ClN4S/c1-14-12-19(16(3)28(14)18-9-7-17(24)8-10-18)22-21(20-6-4-5-11-25-20)26-23-27(22)13-15(2)29-23/h4-12,15,21-22H,13H2,1-3H3/t15-,21-,22-/m0/s1. The van der Waals surface area contributed by atoms with Crippen LogP contribution in [0.1, 0.15) is 41.7 Å². The number of amidine groups is 1. The molecule has 1 fully saturated rings. The quantitative estimate of drug-likeness (QED) is 0.540. The Morgan fingerprint density at radius 3 is 2.62 bits per heavy atom. The van der Waals surface area contributed by atoms with Crippen LogP contribution in [0.25, 0.3) is 5.69 Å². The van der Waals surface area contributed by atoms with Gasteiger partial charge in [0.2, 0.25) is 0 Å². The Morgan fingerprint density at radius 1 is 1.10 bits per heavy atom. The minimum Gasteiger partial charge on any atom is -0.341 e. The third-order valence-corrected chi connectivity index (χ3v) is 7.11. The molecule has 0 aliphatic carbocycles. The highest BCUT2D eigenvalue weighted by molar-refractivity contribution is 8.14. The average Bonchev–Trinajstić information content (AvgIpc) is 3.33. The van der Waals surface area contributed by atoms with Gasteiger partial charge in [0.15, 0.2) is 5.17 Å². The second kappa shape index (κ2) is 7.22. The summed E-state index contributed by atoms with van der Waals surface area (Å²) in [6.07, 6.45) is 1.86. The highest BCUT2D eigenvalue weighted by Crippen LogP contribution is 2.48. The maximum absolute atomic E-state index is 6.11. The van der Waals surface area contributed by atoms with Crippen molar-refractivity contribution in [2.45, 2.75) is 38.1 Å². The number of fused-ring (bicyclic) bond motifs is 1. The lowest BCUT2D eigenvalue weighted by Crippen LogP contribution is -2.28. The van der Waals surface area contributed by atoms with Gasteiger partial charge in [-0.2, -0.15) is 0 Å². The molecule has 1 aromatic carbocycles. The number of thioether (sulfide) groups is 1. The molecular weight excluding hydrogens is 400 g/mol. The fourth-order valence-corrected chi connectivity index (χ4v) is 5.75. The summed E-state index contributed by atoms with van der Waals surface area (Å²) in [7, 11) is 0. The van der Waals surface area contributed by atoms with Gasteiger partial charge in [-0.05, 0) is 61.9 Å². The lowest BCUT2D eigenvalue weighted by molar-refractivity contribution is 0.320. The molecule has 148 valence electrons.